The molecule has 0 saturated carbocycles. The summed E-state index contributed by atoms with van der Waals surface area (Å²) in [5, 5.41) is 12.3. The van der Waals surface area contributed by atoms with E-state index in [2.05, 4.69) is 0 Å². The van der Waals surface area contributed by atoms with Crippen molar-refractivity contribution < 1.29 is 19.0 Å². The summed E-state index contributed by atoms with van der Waals surface area (Å²) in [4.78, 5) is 11.9. The van der Waals surface area contributed by atoms with Gasteiger partial charge in [0, 0.05) is 13.3 Å². The largest absolute Gasteiger partial charge is 0.618 e. The van der Waals surface area contributed by atoms with Gasteiger partial charge in [0.15, 0.2) is 11.3 Å². The molecule has 1 heterocycles. The Kier molecular flexibility index (Phi) is 3.93. The van der Waals surface area contributed by atoms with E-state index in [1.54, 1.807) is 6.92 Å². The summed E-state index contributed by atoms with van der Waals surface area (Å²) >= 11 is 0. The van der Waals surface area contributed by atoms with Gasteiger partial charge in [-0.15, -0.1) is 0 Å². The van der Waals surface area contributed by atoms with E-state index in [4.69, 9.17) is 9.47 Å². The molecule has 0 atom stereocenters. The molecule has 5 nitrogen and oxygen atoms in total. The monoisotopic (exact) mass is 265 g/mol. The SMILES string of the molecule is COC(=O)c1c(OC)c2c([n+]([O-])c1C)CCCCC2. The van der Waals surface area contributed by atoms with Crippen LogP contribution in [0.15, 0.2) is 0 Å². The van der Waals surface area contributed by atoms with Crippen LogP contribution in [0, 0.1) is 12.1 Å². The molecular formula is C14H19NO4. The van der Waals surface area contributed by atoms with Gasteiger partial charge in [-0.25, -0.2) is 4.79 Å². The Hall–Kier alpha value is -1.78. The fourth-order valence-electron chi connectivity index (χ4n) is 2.72. The molecule has 104 valence electrons. The van der Waals surface area contributed by atoms with Crippen molar-refractivity contribution in [3.63, 3.8) is 0 Å². The average molecular weight is 265 g/mol. The van der Waals surface area contributed by atoms with Crippen LogP contribution in [-0.4, -0.2) is 20.2 Å². The summed E-state index contributed by atoms with van der Waals surface area (Å²) in [6, 6.07) is 0. The van der Waals surface area contributed by atoms with Crippen molar-refractivity contribution in [3.05, 3.63) is 27.7 Å². The van der Waals surface area contributed by atoms with Gasteiger partial charge < -0.3 is 14.7 Å². The summed E-state index contributed by atoms with van der Waals surface area (Å²) < 4.78 is 11.0. The third kappa shape index (κ3) is 2.25. The van der Waals surface area contributed by atoms with Crippen LogP contribution in [-0.2, 0) is 17.6 Å². The van der Waals surface area contributed by atoms with Gasteiger partial charge in [-0.05, 0) is 19.3 Å². The normalized spacial score (nSPS) is 14.5. The molecule has 19 heavy (non-hydrogen) atoms. The van der Waals surface area contributed by atoms with Crippen LogP contribution in [0.25, 0.3) is 0 Å². The van der Waals surface area contributed by atoms with E-state index in [0.29, 0.717) is 11.4 Å². The molecule has 0 bridgehead atoms. The van der Waals surface area contributed by atoms with Crippen molar-refractivity contribution in [2.45, 2.75) is 39.0 Å². The van der Waals surface area contributed by atoms with Crippen molar-refractivity contribution in [1.29, 1.82) is 0 Å². The van der Waals surface area contributed by atoms with Gasteiger partial charge in [0.05, 0.1) is 19.8 Å². The van der Waals surface area contributed by atoms with Crippen LogP contribution in [0.4, 0.5) is 0 Å². The van der Waals surface area contributed by atoms with Gasteiger partial charge in [-0.3, -0.25) is 0 Å². The van der Waals surface area contributed by atoms with E-state index >= 15 is 0 Å². The molecule has 0 radical (unpaired) electrons. The Morgan fingerprint density at radius 1 is 1.21 bits per heavy atom. The zero-order valence-corrected chi connectivity index (χ0v) is 11.6. The van der Waals surface area contributed by atoms with Gasteiger partial charge in [0.1, 0.15) is 5.75 Å². The minimum atomic E-state index is -0.522. The first-order chi connectivity index (χ1) is 9.11. The van der Waals surface area contributed by atoms with E-state index in [1.165, 1.54) is 14.2 Å². The highest BCUT2D eigenvalue weighted by atomic mass is 16.5. The fourth-order valence-corrected chi connectivity index (χ4v) is 2.72. The summed E-state index contributed by atoms with van der Waals surface area (Å²) in [5.41, 5.74) is 2.20. The quantitative estimate of drug-likeness (QED) is 0.353. The smallest absolute Gasteiger partial charge is 0.348 e. The number of nitrogens with zero attached hydrogens (tertiary/aromatic N) is 1. The lowest BCUT2D eigenvalue weighted by Crippen LogP contribution is -2.39. The second-order valence-corrected chi connectivity index (χ2v) is 4.77. The van der Waals surface area contributed by atoms with E-state index < -0.39 is 5.97 Å². The highest BCUT2D eigenvalue weighted by molar-refractivity contribution is 5.93. The lowest BCUT2D eigenvalue weighted by atomic mass is 10.0. The molecule has 0 N–H and O–H groups in total. The number of carbonyl (C=O) groups is 1. The van der Waals surface area contributed by atoms with E-state index in [9.17, 15) is 10.0 Å². The lowest BCUT2D eigenvalue weighted by Gasteiger charge is -2.17. The molecule has 0 unspecified atom stereocenters. The van der Waals surface area contributed by atoms with E-state index in [1.807, 2.05) is 0 Å². The number of esters is 1. The number of pyridine rings is 1. The van der Waals surface area contributed by atoms with Crippen LogP contribution in [0.1, 0.15) is 46.6 Å². The summed E-state index contributed by atoms with van der Waals surface area (Å²) in [6.07, 6.45) is 4.59. The number of rotatable bonds is 2. The molecular weight excluding hydrogens is 246 g/mol. The maximum Gasteiger partial charge on any atom is 0.348 e. The summed E-state index contributed by atoms with van der Waals surface area (Å²) in [6.45, 7) is 1.63. The van der Waals surface area contributed by atoms with E-state index in [-0.39, 0.29) is 5.56 Å². The average Bonchev–Trinajstić information content (AvgIpc) is 2.67. The minimum Gasteiger partial charge on any atom is -0.618 e. The topological polar surface area (TPSA) is 62.5 Å². The third-order valence-corrected chi connectivity index (χ3v) is 3.70. The summed E-state index contributed by atoms with van der Waals surface area (Å²) in [7, 11) is 2.84. The molecule has 0 amide bonds. The zero-order chi connectivity index (χ0) is 14.0. The zero-order valence-electron chi connectivity index (χ0n) is 11.6. The molecule has 0 aromatic carbocycles. The lowest BCUT2D eigenvalue weighted by molar-refractivity contribution is -0.621. The van der Waals surface area contributed by atoms with Gasteiger partial charge in [0.25, 0.3) is 0 Å². The van der Waals surface area contributed by atoms with Crippen molar-refractivity contribution in [2.75, 3.05) is 14.2 Å². The van der Waals surface area contributed by atoms with Crippen LogP contribution >= 0.6 is 0 Å². The number of carbonyl (C=O) groups excluding carboxylic acids is 1. The van der Waals surface area contributed by atoms with Crippen molar-refractivity contribution in [3.8, 4) is 5.75 Å². The number of hydrogen-bond donors (Lipinski definition) is 0. The van der Waals surface area contributed by atoms with Crippen molar-refractivity contribution >= 4 is 5.97 Å². The Morgan fingerprint density at radius 2 is 1.89 bits per heavy atom. The molecule has 0 fully saturated rings. The number of hydrogen-bond acceptors (Lipinski definition) is 4. The van der Waals surface area contributed by atoms with Crippen LogP contribution < -0.4 is 9.47 Å². The standard InChI is InChI=1S/C14H19NO4/c1-9-12(14(16)19-3)13(18-2)10-7-5-4-6-8-11(10)15(9)17/h4-8H2,1-3H3. The van der Waals surface area contributed by atoms with Gasteiger partial charge in [-0.1, -0.05) is 6.42 Å². The molecule has 0 aliphatic heterocycles. The highest BCUT2D eigenvalue weighted by Gasteiger charge is 2.31. The van der Waals surface area contributed by atoms with Crippen molar-refractivity contribution in [2.24, 2.45) is 0 Å². The Bertz CT molecular complexity index is 511. The molecule has 1 aliphatic rings. The first kappa shape index (κ1) is 13.6. The number of ether oxygens (including phenoxy) is 2. The number of methoxy groups -OCH3 is 2. The first-order valence-electron chi connectivity index (χ1n) is 6.52. The molecule has 1 aromatic heterocycles. The molecule has 1 aromatic rings. The van der Waals surface area contributed by atoms with Gasteiger partial charge in [-0.2, -0.15) is 4.73 Å². The molecule has 1 aliphatic carbocycles. The fraction of sp³-hybridized carbons (Fsp3) is 0.571. The molecule has 0 spiro atoms. The minimum absolute atomic E-state index is 0.251. The first-order valence-corrected chi connectivity index (χ1v) is 6.52. The Morgan fingerprint density at radius 3 is 2.53 bits per heavy atom. The number of aromatic nitrogens is 1. The third-order valence-electron chi connectivity index (χ3n) is 3.70. The maximum absolute atomic E-state index is 12.3. The molecule has 0 saturated heterocycles. The second kappa shape index (κ2) is 5.47. The van der Waals surface area contributed by atoms with E-state index in [0.717, 1.165) is 48.1 Å². The molecule has 2 rings (SSSR count). The van der Waals surface area contributed by atoms with Gasteiger partial charge in [0.2, 0.25) is 5.69 Å². The Balaban J connectivity index is 2.72. The van der Waals surface area contributed by atoms with Gasteiger partial charge >= 0.3 is 5.97 Å². The number of fused-ring (bicyclic) bond motifs is 1. The molecule has 5 heteroatoms. The van der Waals surface area contributed by atoms with Crippen LogP contribution in [0.5, 0.6) is 5.75 Å². The predicted molar refractivity (Wildman–Crippen MR) is 69.3 cm³/mol. The van der Waals surface area contributed by atoms with Crippen LogP contribution in [0.3, 0.4) is 0 Å². The predicted octanol–water partition coefficient (Wildman–Crippen LogP) is 1.69. The van der Waals surface area contributed by atoms with Crippen molar-refractivity contribution in [1.82, 2.24) is 0 Å². The summed E-state index contributed by atoms with van der Waals surface area (Å²) in [5.74, 6) is -0.0145. The van der Waals surface area contributed by atoms with Crippen LogP contribution in [0.2, 0.25) is 0 Å². The Labute approximate surface area is 112 Å². The highest BCUT2D eigenvalue weighted by Crippen LogP contribution is 2.32. The maximum atomic E-state index is 12.3. The second-order valence-electron chi connectivity index (χ2n) is 4.77.